The fraction of sp³-hybridized carbons (Fsp3) is 0.529. The summed E-state index contributed by atoms with van der Waals surface area (Å²) in [6.45, 7) is 6.91. The third kappa shape index (κ3) is 3.64. The molecule has 2 atom stereocenters. The van der Waals surface area contributed by atoms with Crippen molar-refractivity contribution in [2.75, 3.05) is 26.2 Å². The fourth-order valence-electron chi connectivity index (χ4n) is 3.37. The van der Waals surface area contributed by atoms with Crippen LogP contribution in [-0.4, -0.2) is 55.2 Å². The molecule has 0 spiro atoms. The van der Waals surface area contributed by atoms with Crippen molar-refractivity contribution < 1.29 is 14.3 Å². The predicted molar refractivity (Wildman–Crippen MR) is 86.5 cm³/mol. The van der Waals surface area contributed by atoms with Crippen molar-refractivity contribution in [2.45, 2.75) is 32.4 Å². The predicted octanol–water partition coefficient (Wildman–Crippen LogP) is 1.22. The van der Waals surface area contributed by atoms with Crippen LogP contribution in [0.15, 0.2) is 18.2 Å². The molecule has 1 unspecified atom stereocenters. The van der Waals surface area contributed by atoms with Gasteiger partial charge in [0.15, 0.2) is 0 Å². The molecule has 2 aliphatic rings. The first-order valence-corrected chi connectivity index (χ1v) is 8.07. The van der Waals surface area contributed by atoms with Crippen LogP contribution in [0.5, 0.6) is 0 Å². The molecule has 2 heterocycles. The van der Waals surface area contributed by atoms with Gasteiger partial charge in [0.2, 0.25) is 0 Å². The van der Waals surface area contributed by atoms with Gasteiger partial charge in [-0.05, 0) is 31.4 Å². The minimum Gasteiger partial charge on any atom is -0.443 e. The Balaban J connectivity index is 1.53. The highest BCUT2D eigenvalue weighted by Crippen LogP contribution is 2.16. The lowest BCUT2D eigenvalue weighted by molar-refractivity contribution is 0.0933. The lowest BCUT2D eigenvalue weighted by Crippen LogP contribution is -2.39. The number of nitrogens with one attached hydrogen (secondary N) is 2. The van der Waals surface area contributed by atoms with Crippen LogP contribution in [0.25, 0.3) is 0 Å². The number of alkyl carbamates (subject to hydrolysis) is 1. The first kappa shape index (κ1) is 15.8. The highest BCUT2D eigenvalue weighted by atomic mass is 16.6. The smallest absolute Gasteiger partial charge is 0.407 e. The van der Waals surface area contributed by atoms with Gasteiger partial charge < -0.3 is 15.4 Å². The van der Waals surface area contributed by atoms with Crippen LogP contribution in [0.3, 0.4) is 0 Å². The van der Waals surface area contributed by atoms with E-state index in [9.17, 15) is 9.59 Å². The van der Waals surface area contributed by atoms with Crippen molar-refractivity contribution in [1.29, 1.82) is 0 Å². The van der Waals surface area contributed by atoms with Gasteiger partial charge in [-0.25, -0.2) is 4.79 Å². The molecule has 0 saturated carbocycles. The molecule has 0 radical (unpaired) electrons. The van der Waals surface area contributed by atoms with E-state index in [1.54, 1.807) is 0 Å². The van der Waals surface area contributed by atoms with Crippen molar-refractivity contribution in [3.05, 3.63) is 34.9 Å². The number of cyclic esters (lactones) is 1. The molecule has 0 aromatic heterocycles. The van der Waals surface area contributed by atoms with Gasteiger partial charge in [0.05, 0.1) is 6.54 Å². The SMILES string of the molecule is Cc1cccc(C)c1C(=O)N[C@H]1CCN(CC2CNC(=O)O2)C1. The number of aryl methyl sites for hydroxylation is 2. The number of carbonyl (C=O) groups excluding carboxylic acids is 2. The van der Waals surface area contributed by atoms with Crippen LogP contribution in [0.1, 0.15) is 27.9 Å². The number of rotatable bonds is 4. The van der Waals surface area contributed by atoms with Crippen molar-refractivity contribution >= 4 is 12.0 Å². The lowest BCUT2D eigenvalue weighted by Gasteiger charge is -2.19. The molecule has 1 aromatic rings. The zero-order chi connectivity index (χ0) is 16.4. The van der Waals surface area contributed by atoms with Crippen LogP contribution in [-0.2, 0) is 4.74 Å². The van der Waals surface area contributed by atoms with Gasteiger partial charge >= 0.3 is 6.09 Å². The summed E-state index contributed by atoms with van der Waals surface area (Å²) in [5.74, 6) is 0.00131. The minimum absolute atomic E-state index is 0.00131. The Morgan fingerprint density at radius 1 is 1.39 bits per heavy atom. The highest BCUT2D eigenvalue weighted by molar-refractivity contribution is 5.97. The van der Waals surface area contributed by atoms with E-state index in [1.165, 1.54) is 0 Å². The van der Waals surface area contributed by atoms with E-state index in [-0.39, 0.29) is 24.1 Å². The number of ether oxygens (including phenoxy) is 1. The molecule has 2 aliphatic heterocycles. The van der Waals surface area contributed by atoms with E-state index in [0.717, 1.165) is 36.2 Å². The molecule has 2 N–H and O–H groups in total. The zero-order valence-electron chi connectivity index (χ0n) is 13.6. The van der Waals surface area contributed by atoms with Gasteiger partial charge in [-0.15, -0.1) is 0 Å². The maximum Gasteiger partial charge on any atom is 0.407 e. The molecule has 2 amide bonds. The Morgan fingerprint density at radius 3 is 2.78 bits per heavy atom. The maximum absolute atomic E-state index is 12.5. The van der Waals surface area contributed by atoms with Gasteiger partial charge in [0, 0.05) is 31.2 Å². The molecular formula is C17H23N3O3. The summed E-state index contributed by atoms with van der Waals surface area (Å²) in [5.41, 5.74) is 2.78. The van der Waals surface area contributed by atoms with Gasteiger partial charge in [-0.3, -0.25) is 9.69 Å². The molecule has 3 rings (SSSR count). The summed E-state index contributed by atoms with van der Waals surface area (Å²) >= 11 is 0. The van der Waals surface area contributed by atoms with E-state index in [0.29, 0.717) is 13.1 Å². The molecule has 6 heteroatoms. The van der Waals surface area contributed by atoms with Crippen LogP contribution in [0.4, 0.5) is 4.79 Å². The molecule has 2 fully saturated rings. The Labute approximate surface area is 136 Å². The van der Waals surface area contributed by atoms with Gasteiger partial charge in [0.1, 0.15) is 6.10 Å². The van der Waals surface area contributed by atoms with Gasteiger partial charge in [0.25, 0.3) is 5.91 Å². The molecule has 23 heavy (non-hydrogen) atoms. The normalized spacial score (nSPS) is 24.3. The molecule has 0 aliphatic carbocycles. The second kappa shape index (κ2) is 6.58. The Hall–Kier alpha value is -2.08. The van der Waals surface area contributed by atoms with Crippen molar-refractivity contribution in [3.8, 4) is 0 Å². The minimum atomic E-state index is -0.339. The van der Waals surface area contributed by atoms with Crippen LogP contribution in [0, 0.1) is 13.8 Å². The molecule has 6 nitrogen and oxygen atoms in total. The van der Waals surface area contributed by atoms with E-state index >= 15 is 0 Å². The first-order valence-electron chi connectivity index (χ1n) is 8.07. The highest BCUT2D eigenvalue weighted by Gasteiger charge is 2.30. The summed E-state index contributed by atoms with van der Waals surface area (Å²) in [6.07, 6.45) is 0.495. The third-order valence-corrected chi connectivity index (χ3v) is 4.53. The Bertz CT molecular complexity index is 597. The van der Waals surface area contributed by atoms with Crippen molar-refractivity contribution in [2.24, 2.45) is 0 Å². The van der Waals surface area contributed by atoms with Crippen molar-refractivity contribution in [3.63, 3.8) is 0 Å². The number of carbonyl (C=O) groups is 2. The molecule has 124 valence electrons. The number of hydrogen-bond acceptors (Lipinski definition) is 4. The van der Waals surface area contributed by atoms with E-state index < -0.39 is 0 Å². The summed E-state index contributed by atoms with van der Waals surface area (Å²) in [4.78, 5) is 25.8. The monoisotopic (exact) mass is 317 g/mol. The number of hydrogen-bond donors (Lipinski definition) is 2. The van der Waals surface area contributed by atoms with Crippen LogP contribution in [0.2, 0.25) is 0 Å². The average Bonchev–Trinajstić information content (AvgIpc) is 3.08. The first-order chi connectivity index (χ1) is 11.0. The van der Waals surface area contributed by atoms with E-state index in [2.05, 4.69) is 15.5 Å². The average molecular weight is 317 g/mol. The number of amides is 2. The topological polar surface area (TPSA) is 70.7 Å². The van der Waals surface area contributed by atoms with Gasteiger partial charge in [-0.1, -0.05) is 18.2 Å². The second-order valence-electron chi connectivity index (χ2n) is 6.39. The number of likely N-dealkylation sites (tertiary alicyclic amines) is 1. The number of nitrogens with zero attached hydrogens (tertiary/aromatic N) is 1. The van der Waals surface area contributed by atoms with Gasteiger partial charge in [-0.2, -0.15) is 0 Å². The summed E-state index contributed by atoms with van der Waals surface area (Å²) in [5, 5.41) is 5.80. The molecular weight excluding hydrogens is 294 g/mol. The third-order valence-electron chi connectivity index (χ3n) is 4.53. The van der Waals surface area contributed by atoms with Crippen LogP contribution >= 0.6 is 0 Å². The summed E-state index contributed by atoms with van der Waals surface area (Å²) < 4.78 is 5.16. The fourth-order valence-corrected chi connectivity index (χ4v) is 3.37. The summed E-state index contributed by atoms with van der Waals surface area (Å²) in [7, 11) is 0. The quantitative estimate of drug-likeness (QED) is 0.876. The largest absolute Gasteiger partial charge is 0.443 e. The number of benzene rings is 1. The Kier molecular flexibility index (Phi) is 4.52. The second-order valence-corrected chi connectivity index (χ2v) is 6.39. The molecule has 1 aromatic carbocycles. The van der Waals surface area contributed by atoms with Crippen LogP contribution < -0.4 is 10.6 Å². The zero-order valence-corrected chi connectivity index (χ0v) is 13.6. The Morgan fingerprint density at radius 2 is 2.13 bits per heavy atom. The lowest BCUT2D eigenvalue weighted by atomic mass is 10.0. The van der Waals surface area contributed by atoms with E-state index in [4.69, 9.17) is 4.74 Å². The van der Waals surface area contributed by atoms with E-state index in [1.807, 2.05) is 32.0 Å². The van der Waals surface area contributed by atoms with Crippen molar-refractivity contribution in [1.82, 2.24) is 15.5 Å². The summed E-state index contributed by atoms with van der Waals surface area (Å²) in [6, 6.07) is 6.04. The molecule has 0 bridgehead atoms. The molecule has 2 saturated heterocycles. The maximum atomic E-state index is 12.5. The standard InChI is InChI=1S/C17H23N3O3/c1-11-4-3-5-12(2)15(11)16(21)19-13-6-7-20(9-13)10-14-8-18-17(22)23-14/h3-5,13-14H,6-10H2,1-2H3,(H,18,22)(H,19,21)/t13-,14?/m0/s1.